The second-order valence-electron chi connectivity index (χ2n) is 7.76. The average molecular weight is 434 g/mol. The van der Waals surface area contributed by atoms with E-state index in [0.29, 0.717) is 5.56 Å². The number of aliphatic hydroxyl groups is 1. The summed E-state index contributed by atoms with van der Waals surface area (Å²) < 4.78 is 27.1. The molecule has 1 heterocycles. The molecule has 31 heavy (non-hydrogen) atoms. The molecule has 4 rings (SSSR count). The summed E-state index contributed by atoms with van der Waals surface area (Å²) in [5.41, 5.74) is 3.40. The number of carbonyl (C=O) groups excluding carboxylic acids is 1. The third kappa shape index (κ3) is 3.86. The summed E-state index contributed by atoms with van der Waals surface area (Å²) in [7, 11) is -4.10. The van der Waals surface area contributed by atoms with E-state index >= 15 is 0 Å². The lowest BCUT2D eigenvalue weighted by Crippen LogP contribution is -2.30. The number of hydrogen-bond donors (Lipinski definition) is 1. The van der Waals surface area contributed by atoms with Crippen molar-refractivity contribution in [3.8, 4) is 0 Å². The number of benzene rings is 3. The maximum absolute atomic E-state index is 13.6. The summed E-state index contributed by atoms with van der Waals surface area (Å²) in [4.78, 5) is 14.2. The number of rotatable bonds is 5. The van der Waals surface area contributed by atoms with Gasteiger partial charge in [-0.05, 0) is 37.1 Å². The maximum atomic E-state index is 13.6. The summed E-state index contributed by atoms with van der Waals surface area (Å²) >= 11 is 0. The van der Waals surface area contributed by atoms with Crippen LogP contribution in [0.15, 0.2) is 94.4 Å². The van der Waals surface area contributed by atoms with Gasteiger partial charge in [0.1, 0.15) is 4.91 Å². The molecule has 0 saturated heterocycles. The van der Waals surface area contributed by atoms with E-state index in [2.05, 4.69) is 0 Å². The van der Waals surface area contributed by atoms with Crippen molar-refractivity contribution in [2.75, 3.05) is 0 Å². The summed E-state index contributed by atoms with van der Waals surface area (Å²) in [6.07, 6.45) is 0. The van der Waals surface area contributed by atoms with Crippen molar-refractivity contribution >= 4 is 15.7 Å². The Morgan fingerprint density at radius 3 is 1.97 bits per heavy atom. The van der Waals surface area contributed by atoms with Gasteiger partial charge in [0.25, 0.3) is 5.91 Å². The molecule has 6 heteroatoms. The fourth-order valence-corrected chi connectivity index (χ4v) is 5.42. The van der Waals surface area contributed by atoms with Gasteiger partial charge in [-0.25, -0.2) is 8.42 Å². The minimum atomic E-state index is -4.10. The molecule has 1 amide bonds. The number of nitrogens with zero attached hydrogens (tertiary/aromatic N) is 1. The van der Waals surface area contributed by atoms with Crippen LogP contribution < -0.4 is 0 Å². The predicted octanol–water partition coefficient (Wildman–Crippen LogP) is 4.63. The van der Waals surface area contributed by atoms with Gasteiger partial charge in [-0.15, -0.1) is 0 Å². The van der Waals surface area contributed by atoms with E-state index in [4.69, 9.17) is 0 Å². The Morgan fingerprint density at radius 1 is 0.839 bits per heavy atom. The van der Waals surface area contributed by atoms with Crippen LogP contribution in [0.1, 0.15) is 28.3 Å². The van der Waals surface area contributed by atoms with Crippen molar-refractivity contribution in [1.29, 1.82) is 0 Å². The Hall–Kier alpha value is -3.38. The molecule has 0 fully saturated rings. The molecule has 0 unspecified atom stereocenters. The van der Waals surface area contributed by atoms with Crippen molar-refractivity contribution in [3.63, 3.8) is 0 Å². The summed E-state index contributed by atoms with van der Waals surface area (Å²) in [5.74, 6) is -1.41. The van der Waals surface area contributed by atoms with Gasteiger partial charge in [0.05, 0.1) is 10.9 Å². The molecule has 3 aromatic rings. The Balaban J connectivity index is 1.86. The molecule has 1 N–H and O–H groups in total. The Morgan fingerprint density at radius 2 is 1.39 bits per heavy atom. The van der Waals surface area contributed by atoms with E-state index < -0.39 is 27.5 Å². The lowest BCUT2D eigenvalue weighted by Gasteiger charge is -2.27. The second-order valence-corrected chi connectivity index (χ2v) is 9.68. The van der Waals surface area contributed by atoms with Crippen LogP contribution in [0.4, 0.5) is 0 Å². The SMILES string of the molecule is Cc1ccc([C@H]2C(S(=O)(=O)c3ccc(C)cc3)=C(O)C(=O)N2Cc2ccccc2)cc1. The summed E-state index contributed by atoms with van der Waals surface area (Å²) in [6.45, 7) is 3.97. The number of sulfone groups is 1. The highest BCUT2D eigenvalue weighted by atomic mass is 32.2. The van der Waals surface area contributed by atoms with Crippen LogP contribution in [0, 0.1) is 13.8 Å². The molecule has 0 bridgehead atoms. The second kappa shape index (κ2) is 8.04. The standard InChI is InChI=1S/C25H23NO4S/c1-17-8-12-20(13-9-17)22-24(31(29,30)21-14-10-18(2)11-15-21)23(27)25(28)26(22)16-19-6-4-3-5-7-19/h3-15,22,27H,16H2,1-2H3/t22-/m0/s1. The zero-order chi connectivity index (χ0) is 22.2. The highest BCUT2D eigenvalue weighted by Crippen LogP contribution is 2.43. The number of amides is 1. The molecule has 158 valence electrons. The van der Waals surface area contributed by atoms with Crippen LogP contribution in [0.25, 0.3) is 0 Å². The van der Waals surface area contributed by atoms with E-state index in [1.165, 1.54) is 17.0 Å². The van der Waals surface area contributed by atoms with E-state index in [9.17, 15) is 18.3 Å². The monoisotopic (exact) mass is 433 g/mol. The maximum Gasteiger partial charge on any atom is 0.290 e. The number of aryl methyl sites for hydroxylation is 2. The van der Waals surface area contributed by atoms with Crippen molar-refractivity contribution in [2.24, 2.45) is 0 Å². The van der Waals surface area contributed by atoms with Gasteiger partial charge in [-0.2, -0.15) is 0 Å². The van der Waals surface area contributed by atoms with Crippen LogP contribution in [-0.4, -0.2) is 24.3 Å². The molecule has 0 aromatic heterocycles. The van der Waals surface area contributed by atoms with Crippen LogP contribution in [0.2, 0.25) is 0 Å². The molecule has 1 atom stereocenters. The smallest absolute Gasteiger partial charge is 0.290 e. The van der Waals surface area contributed by atoms with Crippen LogP contribution in [-0.2, 0) is 21.2 Å². The molecule has 0 spiro atoms. The van der Waals surface area contributed by atoms with Gasteiger partial charge < -0.3 is 10.0 Å². The van der Waals surface area contributed by atoms with Crippen molar-refractivity contribution in [2.45, 2.75) is 31.3 Å². The lowest BCUT2D eigenvalue weighted by molar-refractivity contribution is -0.130. The first kappa shape index (κ1) is 20.9. The van der Waals surface area contributed by atoms with Crippen molar-refractivity contribution in [3.05, 3.63) is 112 Å². The predicted molar refractivity (Wildman–Crippen MR) is 119 cm³/mol. The van der Waals surface area contributed by atoms with E-state index in [1.54, 1.807) is 24.3 Å². The van der Waals surface area contributed by atoms with Crippen LogP contribution >= 0.6 is 0 Å². The molecular formula is C25H23NO4S. The number of carbonyl (C=O) groups is 1. The van der Waals surface area contributed by atoms with Crippen LogP contribution in [0.3, 0.4) is 0 Å². The first-order chi connectivity index (χ1) is 14.8. The fraction of sp³-hybridized carbons (Fsp3) is 0.160. The van der Waals surface area contributed by atoms with Crippen molar-refractivity contribution in [1.82, 2.24) is 4.90 Å². The Labute approximate surface area is 182 Å². The van der Waals surface area contributed by atoms with E-state index in [0.717, 1.165) is 16.7 Å². The molecule has 0 radical (unpaired) electrons. The Kier molecular flexibility index (Phi) is 5.41. The first-order valence-corrected chi connectivity index (χ1v) is 11.4. The van der Waals surface area contributed by atoms with Gasteiger partial charge in [0.2, 0.25) is 9.84 Å². The highest BCUT2D eigenvalue weighted by molar-refractivity contribution is 7.95. The van der Waals surface area contributed by atoms with Gasteiger partial charge in [0, 0.05) is 6.54 Å². The lowest BCUT2D eigenvalue weighted by atomic mass is 10.0. The largest absolute Gasteiger partial charge is 0.502 e. The molecule has 0 saturated carbocycles. The number of aliphatic hydroxyl groups excluding tert-OH is 1. The molecule has 5 nitrogen and oxygen atoms in total. The van der Waals surface area contributed by atoms with Gasteiger partial charge in [-0.1, -0.05) is 77.9 Å². The highest BCUT2D eigenvalue weighted by Gasteiger charge is 2.46. The van der Waals surface area contributed by atoms with E-state index in [1.807, 2.05) is 56.3 Å². The number of hydrogen-bond acceptors (Lipinski definition) is 4. The molecular weight excluding hydrogens is 410 g/mol. The molecule has 1 aliphatic rings. The summed E-state index contributed by atoms with van der Waals surface area (Å²) in [5, 5.41) is 10.8. The minimum Gasteiger partial charge on any atom is -0.502 e. The zero-order valence-corrected chi connectivity index (χ0v) is 18.1. The quantitative estimate of drug-likeness (QED) is 0.637. The summed E-state index contributed by atoms with van der Waals surface area (Å²) in [6, 6.07) is 22.1. The molecule has 1 aliphatic heterocycles. The molecule has 3 aromatic carbocycles. The first-order valence-electron chi connectivity index (χ1n) is 9.95. The third-order valence-electron chi connectivity index (χ3n) is 5.47. The fourth-order valence-electron chi connectivity index (χ4n) is 3.77. The van der Waals surface area contributed by atoms with Crippen molar-refractivity contribution < 1.29 is 18.3 Å². The van der Waals surface area contributed by atoms with Crippen LogP contribution in [0.5, 0.6) is 0 Å². The van der Waals surface area contributed by atoms with Gasteiger partial charge in [-0.3, -0.25) is 4.79 Å². The van der Waals surface area contributed by atoms with E-state index in [-0.39, 0.29) is 16.3 Å². The normalized spacial score (nSPS) is 16.8. The average Bonchev–Trinajstić information content (AvgIpc) is 3.01. The molecule has 0 aliphatic carbocycles. The van der Waals surface area contributed by atoms with Gasteiger partial charge in [0.15, 0.2) is 5.76 Å². The topological polar surface area (TPSA) is 74.7 Å². The minimum absolute atomic E-state index is 0.0473. The Bertz CT molecular complexity index is 1250. The third-order valence-corrected chi connectivity index (χ3v) is 7.35. The zero-order valence-electron chi connectivity index (χ0n) is 17.3. The van der Waals surface area contributed by atoms with Gasteiger partial charge >= 0.3 is 0 Å².